The van der Waals surface area contributed by atoms with Gasteiger partial charge in [0.05, 0.1) is 5.57 Å². The van der Waals surface area contributed by atoms with Crippen molar-refractivity contribution in [2.24, 2.45) is 7.05 Å². The second-order valence-corrected chi connectivity index (χ2v) is 7.99. The van der Waals surface area contributed by atoms with Gasteiger partial charge in [-0.1, -0.05) is 12.8 Å². The number of fused-ring (bicyclic) bond motifs is 1. The molecule has 3 heterocycles. The number of hydrogen-bond donors (Lipinski definition) is 1. The van der Waals surface area contributed by atoms with Gasteiger partial charge in [-0.3, -0.25) is 4.98 Å². The minimum absolute atomic E-state index is 0.241. The second kappa shape index (κ2) is 6.64. The normalized spacial score (nSPS) is 17.8. The van der Waals surface area contributed by atoms with Gasteiger partial charge in [-0.25, -0.2) is 4.98 Å². The summed E-state index contributed by atoms with van der Waals surface area (Å²) in [6.45, 7) is -0.241. The van der Waals surface area contributed by atoms with E-state index in [9.17, 15) is 13.2 Å². The lowest BCUT2D eigenvalue weighted by Gasteiger charge is -2.18. The first-order valence-electron chi connectivity index (χ1n) is 8.63. The SMILES string of the molecule is Cn1c(-c2ccncc2SC2CCCC2)nc2c1NCC(C(F)(F)F)=C2. The van der Waals surface area contributed by atoms with Crippen LogP contribution in [-0.2, 0) is 7.05 Å². The van der Waals surface area contributed by atoms with E-state index in [2.05, 4.69) is 15.3 Å². The van der Waals surface area contributed by atoms with E-state index >= 15 is 0 Å². The molecule has 2 aromatic rings. The Bertz CT molecular complexity index is 851. The summed E-state index contributed by atoms with van der Waals surface area (Å²) in [4.78, 5) is 9.77. The minimum Gasteiger partial charge on any atom is -0.366 e. The van der Waals surface area contributed by atoms with Gasteiger partial charge in [0.15, 0.2) is 0 Å². The Balaban J connectivity index is 1.72. The number of imidazole rings is 1. The Morgan fingerprint density at radius 1 is 1.27 bits per heavy atom. The van der Waals surface area contributed by atoms with Crippen molar-refractivity contribution in [1.82, 2.24) is 14.5 Å². The van der Waals surface area contributed by atoms with E-state index in [0.29, 0.717) is 22.6 Å². The average molecular weight is 380 g/mol. The quantitative estimate of drug-likeness (QED) is 0.823. The summed E-state index contributed by atoms with van der Waals surface area (Å²) in [5, 5.41) is 3.43. The Morgan fingerprint density at radius 3 is 2.77 bits per heavy atom. The summed E-state index contributed by atoms with van der Waals surface area (Å²) >= 11 is 1.80. The summed E-state index contributed by atoms with van der Waals surface area (Å²) < 4.78 is 40.8. The van der Waals surface area contributed by atoms with Gasteiger partial charge in [-0.2, -0.15) is 13.2 Å². The minimum atomic E-state index is -4.34. The van der Waals surface area contributed by atoms with E-state index in [-0.39, 0.29) is 6.54 Å². The Morgan fingerprint density at radius 2 is 2.04 bits per heavy atom. The maximum absolute atomic E-state index is 13.0. The van der Waals surface area contributed by atoms with Gasteiger partial charge < -0.3 is 9.88 Å². The third-order valence-electron chi connectivity index (χ3n) is 4.86. The van der Waals surface area contributed by atoms with Crippen LogP contribution in [-0.4, -0.2) is 32.5 Å². The van der Waals surface area contributed by atoms with Gasteiger partial charge in [-0.15, -0.1) is 11.8 Å². The Hall–Kier alpha value is -1.96. The van der Waals surface area contributed by atoms with Crippen molar-refractivity contribution in [3.05, 3.63) is 29.7 Å². The average Bonchev–Trinajstić information content (AvgIpc) is 3.23. The lowest BCUT2D eigenvalue weighted by molar-refractivity contribution is -0.0909. The highest BCUT2D eigenvalue weighted by Gasteiger charge is 2.36. The number of anilines is 1. The first kappa shape index (κ1) is 17.5. The van der Waals surface area contributed by atoms with Crippen molar-refractivity contribution in [1.29, 1.82) is 0 Å². The third kappa shape index (κ3) is 3.22. The molecule has 1 aliphatic heterocycles. The fraction of sp³-hybridized carbons (Fsp3) is 0.444. The van der Waals surface area contributed by atoms with Gasteiger partial charge in [0.25, 0.3) is 0 Å². The van der Waals surface area contributed by atoms with E-state index in [4.69, 9.17) is 0 Å². The van der Waals surface area contributed by atoms with Crippen LogP contribution in [0.4, 0.5) is 19.0 Å². The van der Waals surface area contributed by atoms with Gasteiger partial charge in [0.2, 0.25) is 0 Å². The monoisotopic (exact) mass is 380 g/mol. The summed E-state index contributed by atoms with van der Waals surface area (Å²) in [5.41, 5.74) is 0.636. The number of hydrogen-bond acceptors (Lipinski definition) is 4. The van der Waals surface area contributed by atoms with Crippen LogP contribution in [0.25, 0.3) is 17.5 Å². The molecule has 4 nitrogen and oxygen atoms in total. The van der Waals surface area contributed by atoms with Crippen molar-refractivity contribution >= 4 is 23.7 Å². The molecule has 0 atom stereocenters. The van der Waals surface area contributed by atoms with Gasteiger partial charge in [0, 0.05) is 41.7 Å². The van der Waals surface area contributed by atoms with Crippen molar-refractivity contribution in [2.75, 3.05) is 11.9 Å². The highest BCUT2D eigenvalue weighted by molar-refractivity contribution is 8.00. The van der Waals surface area contributed by atoms with Gasteiger partial charge in [-0.05, 0) is 25.0 Å². The molecule has 1 N–H and O–H groups in total. The predicted molar refractivity (Wildman–Crippen MR) is 97.1 cm³/mol. The highest BCUT2D eigenvalue weighted by Crippen LogP contribution is 2.40. The molecule has 26 heavy (non-hydrogen) atoms. The zero-order valence-corrected chi connectivity index (χ0v) is 15.1. The number of nitrogens with zero attached hydrogens (tertiary/aromatic N) is 3. The second-order valence-electron chi connectivity index (χ2n) is 6.65. The predicted octanol–water partition coefficient (Wildman–Crippen LogP) is 4.89. The molecule has 1 fully saturated rings. The summed E-state index contributed by atoms with van der Waals surface area (Å²) in [5.74, 6) is 1.27. The fourth-order valence-electron chi connectivity index (χ4n) is 3.49. The number of thioether (sulfide) groups is 1. The molecule has 0 radical (unpaired) electrons. The molecule has 8 heteroatoms. The number of pyridine rings is 1. The molecule has 0 saturated heterocycles. The van der Waals surface area contributed by atoms with Crippen LogP contribution in [0.5, 0.6) is 0 Å². The van der Waals surface area contributed by atoms with Crippen LogP contribution in [0, 0.1) is 0 Å². The first-order valence-corrected chi connectivity index (χ1v) is 9.51. The van der Waals surface area contributed by atoms with Crippen LogP contribution in [0.15, 0.2) is 28.9 Å². The number of halogens is 3. The third-order valence-corrected chi connectivity index (χ3v) is 6.25. The van der Waals surface area contributed by atoms with E-state index in [1.54, 1.807) is 18.0 Å². The van der Waals surface area contributed by atoms with E-state index in [1.165, 1.54) is 25.7 Å². The molecule has 0 amide bonds. The van der Waals surface area contributed by atoms with Gasteiger partial charge >= 0.3 is 6.18 Å². The smallest absolute Gasteiger partial charge is 0.366 e. The maximum Gasteiger partial charge on any atom is 0.414 e. The van der Waals surface area contributed by atoms with Crippen LogP contribution in [0.3, 0.4) is 0 Å². The van der Waals surface area contributed by atoms with Crippen LogP contribution >= 0.6 is 11.8 Å². The number of aromatic nitrogens is 3. The molecule has 0 bridgehead atoms. The summed E-state index contributed by atoms with van der Waals surface area (Å²) in [6, 6.07) is 1.89. The van der Waals surface area contributed by atoms with Crippen molar-refractivity contribution in [2.45, 2.75) is 42.0 Å². The molecule has 0 unspecified atom stereocenters. The maximum atomic E-state index is 13.0. The molecule has 1 saturated carbocycles. The highest BCUT2D eigenvalue weighted by atomic mass is 32.2. The molecule has 4 rings (SSSR count). The molecule has 2 aromatic heterocycles. The molecule has 138 valence electrons. The standard InChI is InChI=1S/C18H19F3N4S/c1-25-16(24-14-8-11(18(19,20)21)9-23-17(14)25)13-6-7-22-10-15(13)26-12-4-2-3-5-12/h6-8,10,12,23H,2-5,9H2,1H3. The topological polar surface area (TPSA) is 42.7 Å². The number of rotatable bonds is 3. The number of alkyl halides is 3. The fourth-order valence-corrected chi connectivity index (χ4v) is 4.83. The van der Waals surface area contributed by atoms with Crippen LogP contribution in [0.2, 0.25) is 0 Å². The van der Waals surface area contributed by atoms with Crippen molar-refractivity contribution in [3.8, 4) is 11.4 Å². The molecule has 1 aliphatic carbocycles. The van der Waals surface area contributed by atoms with E-state index < -0.39 is 11.7 Å². The van der Waals surface area contributed by atoms with Crippen LogP contribution in [0.1, 0.15) is 31.4 Å². The lowest BCUT2D eigenvalue weighted by Crippen LogP contribution is -2.23. The zero-order valence-electron chi connectivity index (χ0n) is 14.3. The van der Waals surface area contributed by atoms with E-state index in [0.717, 1.165) is 16.5 Å². The molecule has 0 aromatic carbocycles. The van der Waals surface area contributed by atoms with Gasteiger partial charge in [0.1, 0.15) is 17.3 Å². The van der Waals surface area contributed by atoms with Crippen molar-refractivity contribution in [3.63, 3.8) is 0 Å². The summed E-state index contributed by atoms with van der Waals surface area (Å²) in [7, 11) is 1.82. The molecular formula is C18H19F3N4S. The first-order chi connectivity index (χ1) is 12.4. The number of nitrogens with one attached hydrogen (secondary N) is 1. The Kier molecular flexibility index (Phi) is 4.46. The molecule has 2 aliphatic rings. The zero-order chi connectivity index (χ0) is 18.3. The summed E-state index contributed by atoms with van der Waals surface area (Å²) in [6.07, 6.45) is 5.20. The molecular weight excluding hydrogens is 361 g/mol. The largest absolute Gasteiger partial charge is 0.414 e. The van der Waals surface area contributed by atoms with Crippen LogP contribution < -0.4 is 5.32 Å². The van der Waals surface area contributed by atoms with Crippen molar-refractivity contribution < 1.29 is 13.2 Å². The van der Waals surface area contributed by atoms with E-state index in [1.807, 2.05) is 23.9 Å². The molecule has 0 spiro atoms. The lowest BCUT2D eigenvalue weighted by atomic mass is 10.1. The Labute approximate surface area is 153 Å².